The van der Waals surface area contributed by atoms with Gasteiger partial charge < -0.3 is 15.4 Å². The molecule has 1 aromatic rings. The van der Waals surface area contributed by atoms with E-state index < -0.39 is 4.92 Å². The number of hydrogen-bond donors (Lipinski definition) is 1. The normalized spacial score (nSPS) is 14.9. The Balaban J connectivity index is 0.00000312. The van der Waals surface area contributed by atoms with Crippen LogP contribution in [0.4, 0.5) is 5.69 Å². The summed E-state index contributed by atoms with van der Waals surface area (Å²) in [6, 6.07) is 4.75. The molecule has 7 nitrogen and oxygen atoms in total. The minimum Gasteiger partial charge on any atom is -0.378 e. The highest BCUT2D eigenvalue weighted by Gasteiger charge is 2.25. The molecule has 1 aliphatic rings. The first-order chi connectivity index (χ1) is 11.6. The van der Waals surface area contributed by atoms with Crippen molar-refractivity contribution in [1.82, 2.24) is 4.90 Å². The second-order valence-corrected chi connectivity index (χ2v) is 5.96. The van der Waals surface area contributed by atoms with Crippen molar-refractivity contribution in [2.24, 2.45) is 5.73 Å². The van der Waals surface area contributed by atoms with E-state index in [1.54, 1.807) is 17.0 Å². The number of piperidine rings is 1. The fraction of sp³-hybridized carbons (Fsp3) is 0.588. The number of aryl methyl sites for hydroxylation is 1. The lowest BCUT2D eigenvalue weighted by molar-refractivity contribution is -0.385. The molecule has 1 amide bonds. The fourth-order valence-electron chi connectivity index (χ4n) is 2.91. The standard InChI is InChI=1S/C17H25N3O4.ClH/c1-2-13-4-5-14(12-16(13)20(22)23)17(21)19-9-6-15(7-10-19)24-11-3-8-18;/h4-5,12,15H,2-3,6-11,18H2,1H3;1H. The maximum atomic E-state index is 12.6. The summed E-state index contributed by atoms with van der Waals surface area (Å²) in [5.41, 5.74) is 6.48. The largest absolute Gasteiger partial charge is 0.378 e. The van der Waals surface area contributed by atoms with Gasteiger partial charge in [-0.25, -0.2) is 0 Å². The number of carbonyl (C=O) groups is 1. The number of halogens is 1. The highest BCUT2D eigenvalue weighted by atomic mass is 35.5. The number of amides is 1. The topological polar surface area (TPSA) is 98.7 Å². The van der Waals surface area contributed by atoms with E-state index in [1.165, 1.54) is 6.07 Å². The van der Waals surface area contributed by atoms with E-state index in [0.29, 0.717) is 43.8 Å². The Morgan fingerprint density at radius 3 is 2.64 bits per heavy atom. The Bertz CT molecular complexity index is 589. The molecular weight excluding hydrogens is 346 g/mol. The smallest absolute Gasteiger partial charge is 0.273 e. The summed E-state index contributed by atoms with van der Waals surface area (Å²) < 4.78 is 5.73. The lowest BCUT2D eigenvalue weighted by atomic mass is 10.0. The molecule has 0 aliphatic carbocycles. The van der Waals surface area contributed by atoms with E-state index in [2.05, 4.69) is 0 Å². The second kappa shape index (κ2) is 10.3. The molecule has 0 bridgehead atoms. The molecule has 0 aromatic heterocycles. The van der Waals surface area contributed by atoms with Gasteiger partial charge in [-0.05, 0) is 38.3 Å². The molecule has 0 unspecified atom stereocenters. The zero-order chi connectivity index (χ0) is 17.5. The molecule has 8 heteroatoms. The van der Waals surface area contributed by atoms with Crippen LogP contribution in [0.2, 0.25) is 0 Å². The molecule has 140 valence electrons. The van der Waals surface area contributed by atoms with Crippen molar-refractivity contribution >= 4 is 24.0 Å². The van der Waals surface area contributed by atoms with E-state index in [0.717, 1.165) is 19.3 Å². The Kier molecular flexibility index (Phi) is 8.82. The summed E-state index contributed by atoms with van der Waals surface area (Å²) >= 11 is 0. The van der Waals surface area contributed by atoms with Crippen LogP contribution in [-0.2, 0) is 11.2 Å². The van der Waals surface area contributed by atoms with Gasteiger partial charge in [0.15, 0.2) is 0 Å². The maximum absolute atomic E-state index is 12.6. The van der Waals surface area contributed by atoms with Gasteiger partial charge in [0.05, 0.1) is 11.0 Å². The summed E-state index contributed by atoms with van der Waals surface area (Å²) in [6.45, 7) is 4.34. The zero-order valence-corrected chi connectivity index (χ0v) is 15.3. The number of rotatable bonds is 7. The average molecular weight is 372 g/mol. The zero-order valence-electron chi connectivity index (χ0n) is 14.5. The van der Waals surface area contributed by atoms with Gasteiger partial charge in [-0.2, -0.15) is 0 Å². The number of hydrogen-bond acceptors (Lipinski definition) is 5. The van der Waals surface area contributed by atoms with Crippen molar-refractivity contribution in [3.05, 3.63) is 39.4 Å². The third kappa shape index (κ3) is 5.66. The van der Waals surface area contributed by atoms with Crippen LogP contribution >= 0.6 is 12.4 Å². The Labute approximate surface area is 154 Å². The number of nitro benzene ring substituents is 1. The van der Waals surface area contributed by atoms with Gasteiger partial charge in [0.1, 0.15) is 0 Å². The number of nitrogens with zero attached hydrogens (tertiary/aromatic N) is 2. The first-order valence-electron chi connectivity index (χ1n) is 8.45. The first-order valence-corrected chi connectivity index (χ1v) is 8.45. The van der Waals surface area contributed by atoms with Gasteiger partial charge in [0, 0.05) is 36.9 Å². The number of likely N-dealkylation sites (tertiary alicyclic amines) is 1. The van der Waals surface area contributed by atoms with Crippen LogP contribution in [0.5, 0.6) is 0 Å². The van der Waals surface area contributed by atoms with Crippen molar-refractivity contribution in [2.45, 2.75) is 38.7 Å². The summed E-state index contributed by atoms with van der Waals surface area (Å²) in [4.78, 5) is 25.1. The van der Waals surface area contributed by atoms with Gasteiger partial charge in [0.25, 0.3) is 11.6 Å². The molecule has 1 saturated heterocycles. The molecule has 1 aromatic carbocycles. The molecule has 0 saturated carbocycles. The predicted octanol–water partition coefficient (Wildman–Crippen LogP) is 2.55. The molecule has 0 radical (unpaired) electrons. The van der Waals surface area contributed by atoms with E-state index in [9.17, 15) is 14.9 Å². The van der Waals surface area contributed by atoms with Gasteiger partial charge in [-0.3, -0.25) is 14.9 Å². The molecular formula is C17H26ClN3O4. The molecule has 2 N–H and O–H groups in total. The number of nitro groups is 1. The highest BCUT2D eigenvalue weighted by molar-refractivity contribution is 5.95. The molecule has 2 rings (SSSR count). The monoisotopic (exact) mass is 371 g/mol. The number of nitrogens with two attached hydrogens (primary N) is 1. The van der Waals surface area contributed by atoms with Crippen LogP contribution in [0.3, 0.4) is 0 Å². The van der Waals surface area contributed by atoms with Gasteiger partial charge >= 0.3 is 0 Å². The average Bonchev–Trinajstić information content (AvgIpc) is 2.61. The Hall–Kier alpha value is -1.70. The maximum Gasteiger partial charge on any atom is 0.273 e. The fourth-order valence-corrected chi connectivity index (χ4v) is 2.91. The number of carbonyl (C=O) groups excluding carboxylic acids is 1. The third-order valence-corrected chi connectivity index (χ3v) is 4.34. The van der Waals surface area contributed by atoms with Crippen LogP contribution in [0.15, 0.2) is 18.2 Å². The Morgan fingerprint density at radius 2 is 2.08 bits per heavy atom. The van der Waals surface area contributed by atoms with Crippen LogP contribution in [0, 0.1) is 10.1 Å². The van der Waals surface area contributed by atoms with E-state index >= 15 is 0 Å². The van der Waals surface area contributed by atoms with Crippen molar-refractivity contribution in [2.75, 3.05) is 26.2 Å². The van der Waals surface area contributed by atoms with E-state index in [1.807, 2.05) is 6.92 Å². The molecule has 1 aliphatic heterocycles. The second-order valence-electron chi connectivity index (χ2n) is 5.96. The van der Waals surface area contributed by atoms with E-state index in [4.69, 9.17) is 10.5 Å². The summed E-state index contributed by atoms with van der Waals surface area (Å²) in [6.07, 6.45) is 3.14. The number of benzene rings is 1. The van der Waals surface area contributed by atoms with Crippen LogP contribution in [0.25, 0.3) is 0 Å². The van der Waals surface area contributed by atoms with Crippen molar-refractivity contribution < 1.29 is 14.5 Å². The summed E-state index contributed by atoms with van der Waals surface area (Å²) in [5.74, 6) is -0.152. The first kappa shape index (κ1) is 21.3. The van der Waals surface area contributed by atoms with Gasteiger partial charge in [-0.1, -0.05) is 13.0 Å². The molecule has 25 heavy (non-hydrogen) atoms. The van der Waals surface area contributed by atoms with E-state index in [-0.39, 0.29) is 30.1 Å². The summed E-state index contributed by atoms with van der Waals surface area (Å²) in [7, 11) is 0. The van der Waals surface area contributed by atoms with Gasteiger partial charge in [0.2, 0.25) is 0 Å². The van der Waals surface area contributed by atoms with Crippen molar-refractivity contribution in [3.63, 3.8) is 0 Å². The van der Waals surface area contributed by atoms with Crippen LogP contribution in [-0.4, -0.2) is 48.1 Å². The highest BCUT2D eigenvalue weighted by Crippen LogP contribution is 2.23. The lowest BCUT2D eigenvalue weighted by Crippen LogP contribution is -2.41. The third-order valence-electron chi connectivity index (χ3n) is 4.34. The number of ether oxygens (including phenoxy) is 1. The minimum absolute atomic E-state index is 0. The lowest BCUT2D eigenvalue weighted by Gasteiger charge is -2.32. The Morgan fingerprint density at radius 1 is 1.40 bits per heavy atom. The molecule has 0 atom stereocenters. The van der Waals surface area contributed by atoms with Crippen molar-refractivity contribution in [3.8, 4) is 0 Å². The van der Waals surface area contributed by atoms with Crippen LogP contribution < -0.4 is 5.73 Å². The minimum atomic E-state index is -0.423. The molecule has 0 spiro atoms. The molecule has 1 fully saturated rings. The summed E-state index contributed by atoms with van der Waals surface area (Å²) in [5, 5.41) is 11.2. The van der Waals surface area contributed by atoms with Crippen LogP contribution in [0.1, 0.15) is 42.1 Å². The predicted molar refractivity (Wildman–Crippen MR) is 98.3 cm³/mol. The van der Waals surface area contributed by atoms with Gasteiger partial charge in [-0.15, -0.1) is 12.4 Å². The molecule has 1 heterocycles. The van der Waals surface area contributed by atoms with Crippen molar-refractivity contribution in [1.29, 1.82) is 0 Å². The quantitative estimate of drug-likeness (QED) is 0.451. The SMILES string of the molecule is CCc1ccc(C(=O)N2CCC(OCCCN)CC2)cc1[N+](=O)[O-].Cl.